The minimum Gasteiger partial charge on any atom is -0.421 e. The van der Waals surface area contributed by atoms with Crippen molar-refractivity contribution in [3.8, 4) is 11.5 Å². The lowest BCUT2D eigenvalue weighted by Gasteiger charge is -2.05. The van der Waals surface area contributed by atoms with Crippen LogP contribution in [0.5, 0.6) is 0 Å². The van der Waals surface area contributed by atoms with E-state index in [9.17, 15) is 9.18 Å². The molecule has 3 aromatic rings. The van der Waals surface area contributed by atoms with Gasteiger partial charge in [0.15, 0.2) is 0 Å². The summed E-state index contributed by atoms with van der Waals surface area (Å²) < 4.78 is 18.7. The van der Waals surface area contributed by atoms with E-state index in [1.54, 1.807) is 6.07 Å². The largest absolute Gasteiger partial charge is 0.421 e. The molecule has 0 spiro atoms. The Kier molecular flexibility index (Phi) is 6.09. The van der Waals surface area contributed by atoms with Gasteiger partial charge in [0.1, 0.15) is 5.82 Å². The summed E-state index contributed by atoms with van der Waals surface area (Å²) in [7, 11) is 0. The van der Waals surface area contributed by atoms with Crippen LogP contribution in [0.1, 0.15) is 24.3 Å². The van der Waals surface area contributed by atoms with Crippen molar-refractivity contribution in [1.29, 1.82) is 0 Å². The molecule has 0 saturated carbocycles. The molecule has 0 radical (unpaired) electrons. The van der Waals surface area contributed by atoms with Crippen LogP contribution in [0.2, 0.25) is 0 Å². The van der Waals surface area contributed by atoms with E-state index in [-0.39, 0.29) is 11.7 Å². The van der Waals surface area contributed by atoms with Gasteiger partial charge in [-0.1, -0.05) is 30.3 Å². The highest BCUT2D eigenvalue weighted by atomic mass is 19.1. The molecule has 26 heavy (non-hydrogen) atoms. The highest BCUT2D eigenvalue weighted by Gasteiger charge is 2.09. The second-order valence-electron chi connectivity index (χ2n) is 5.95. The molecule has 0 bridgehead atoms. The van der Waals surface area contributed by atoms with Crippen LogP contribution in [-0.2, 0) is 17.6 Å². The number of aromatic nitrogens is 2. The molecule has 5 nitrogen and oxygen atoms in total. The van der Waals surface area contributed by atoms with Crippen LogP contribution in [0.3, 0.4) is 0 Å². The van der Waals surface area contributed by atoms with Gasteiger partial charge in [-0.3, -0.25) is 4.79 Å². The summed E-state index contributed by atoms with van der Waals surface area (Å²) in [6.07, 6.45) is 2.17. The molecule has 1 N–H and O–H groups in total. The fraction of sp³-hybridized carbons (Fsp3) is 0.250. The number of hydrogen-bond donors (Lipinski definition) is 1. The van der Waals surface area contributed by atoms with Gasteiger partial charge >= 0.3 is 0 Å². The first-order valence-electron chi connectivity index (χ1n) is 8.59. The molecule has 0 atom stereocenters. The highest BCUT2D eigenvalue weighted by Crippen LogP contribution is 2.17. The molecule has 2 aromatic carbocycles. The van der Waals surface area contributed by atoms with Crippen molar-refractivity contribution in [3.63, 3.8) is 0 Å². The molecule has 0 aliphatic carbocycles. The molecule has 0 saturated heterocycles. The van der Waals surface area contributed by atoms with Gasteiger partial charge in [-0.05, 0) is 42.7 Å². The smallest absolute Gasteiger partial charge is 0.247 e. The second kappa shape index (κ2) is 8.89. The molecule has 1 amide bonds. The average molecular weight is 353 g/mol. The van der Waals surface area contributed by atoms with E-state index in [2.05, 4.69) is 15.5 Å². The lowest BCUT2D eigenvalue weighted by atomic mass is 10.1. The number of carbonyl (C=O) groups excluding carboxylic acids is 1. The van der Waals surface area contributed by atoms with Gasteiger partial charge in [0.05, 0.1) is 0 Å². The Morgan fingerprint density at radius 1 is 1.04 bits per heavy atom. The van der Waals surface area contributed by atoms with E-state index >= 15 is 0 Å². The zero-order valence-electron chi connectivity index (χ0n) is 14.3. The predicted octanol–water partition coefficient (Wildman–Crippen LogP) is 3.56. The number of aryl methyl sites for hydroxylation is 1. The average Bonchev–Trinajstić information content (AvgIpc) is 3.11. The summed E-state index contributed by atoms with van der Waals surface area (Å²) in [5.74, 6) is 0.712. The Balaban J connectivity index is 1.37. The van der Waals surface area contributed by atoms with Crippen LogP contribution in [-0.4, -0.2) is 22.6 Å². The van der Waals surface area contributed by atoms with Gasteiger partial charge in [-0.15, -0.1) is 10.2 Å². The highest BCUT2D eigenvalue weighted by molar-refractivity contribution is 5.75. The Labute approximate surface area is 151 Å². The van der Waals surface area contributed by atoms with Gasteiger partial charge < -0.3 is 9.73 Å². The quantitative estimate of drug-likeness (QED) is 0.672. The fourth-order valence-electron chi connectivity index (χ4n) is 2.58. The summed E-state index contributed by atoms with van der Waals surface area (Å²) in [6.45, 7) is 0.487. The maximum Gasteiger partial charge on any atom is 0.247 e. The first-order valence-corrected chi connectivity index (χ1v) is 8.59. The first-order chi connectivity index (χ1) is 12.7. The van der Waals surface area contributed by atoms with Crippen LogP contribution in [0.25, 0.3) is 11.5 Å². The molecular formula is C20H20FN3O2. The van der Waals surface area contributed by atoms with Gasteiger partial charge in [0.25, 0.3) is 0 Å². The van der Waals surface area contributed by atoms with Gasteiger partial charge in [-0.2, -0.15) is 0 Å². The lowest BCUT2D eigenvalue weighted by Crippen LogP contribution is -2.25. The van der Waals surface area contributed by atoms with Gasteiger partial charge in [-0.25, -0.2) is 4.39 Å². The van der Waals surface area contributed by atoms with Gasteiger partial charge in [0, 0.05) is 24.9 Å². The second-order valence-corrected chi connectivity index (χ2v) is 5.95. The van der Waals surface area contributed by atoms with Crippen LogP contribution in [0.4, 0.5) is 4.39 Å². The third kappa shape index (κ3) is 5.24. The van der Waals surface area contributed by atoms with Crippen molar-refractivity contribution in [2.45, 2.75) is 25.7 Å². The molecule has 0 aliphatic heterocycles. The standard InChI is InChI=1S/C20H20FN3O2/c21-17-9-4-6-15(14-17)12-13-22-18(25)10-5-11-19-23-24-20(26-19)16-7-2-1-3-8-16/h1-4,6-9,14H,5,10-13H2,(H,22,25). The van der Waals surface area contributed by atoms with Crippen molar-refractivity contribution in [2.24, 2.45) is 0 Å². The van der Waals surface area contributed by atoms with Crippen LogP contribution in [0.15, 0.2) is 59.0 Å². The third-order valence-corrected chi connectivity index (χ3v) is 3.91. The van der Waals surface area contributed by atoms with Crippen LogP contribution in [0, 0.1) is 5.82 Å². The normalized spacial score (nSPS) is 10.7. The number of halogens is 1. The number of amides is 1. The monoisotopic (exact) mass is 353 g/mol. The summed E-state index contributed by atoms with van der Waals surface area (Å²) in [6, 6.07) is 16.0. The molecule has 1 aromatic heterocycles. The number of hydrogen-bond acceptors (Lipinski definition) is 4. The number of nitrogens with one attached hydrogen (secondary N) is 1. The number of rotatable bonds is 8. The van der Waals surface area contributed by atoms with Crippen molar-refractivity contribution in [3.05, 3.63) is 71.9 Å². The number of carbonyl (C=O) groups is 1. The SMILES string of the molecule is O=C(CCCc1nnc(-c2ccccc2)o1)NCCc1cccc(F)c1. The molecule has 1 heterocycles. The molecule has 0 unspecified atom stereocenters. The van der Waals surface area contributed by atoms with Crippen LogP contribution < -0.4 is 5.32 Å². The Bertz CT molecular complexity index is 849. The molecule has 6 heteroatoms. The van der Waals surface area contributed by atoms with Crippen molar-refractivity contribution < 1.29 is 13.6 Å². The Hall–Kier alpha value is -3.02. The van der Waals surface area contributed by atoms with E-state index in [0.29, 0.717) is 44.0 Å². The minimum atomic E-state index is -0.261. The van der Waals surface area contributed by atoms with Crippen molar-refractivity contribution >= 4 is 5.91 Å². The van der Waals surface area contributed by atoms with Crippen molar-refractivity contribution in [1.82, 2.24) is 15.5 Å². The minimum absolute atomic E-state index is 0.0378. The number of nitrogens with zero attached hydrogens (tertiary/aromatic N) is 2. The summed E-state index contributed by atoms with van der Waals surface area (Å²) in [5.41, 5.74) is 1.74. The number of benzene rings is 2. The molecule has 3 rings (SSSR count). The maximum atomic E-state index is 13.1. The Morgan fingerprint density at radius 3 is 2.69 bits per heavy atom. The lowest BCUT2D eigenvalue weighted by molar-refractivity contribution is -0.121. The summed E-state index contributed by atoms with van der Waals surface area (Å²) in [5, 5.41) is 10.9. The Morgan fingerprint density at radius 2 is 1.88 bits per heavy atom. The zero-order chi connectivity index (χ0) is 18.2. The fourth-order valence-corrected chi connectivity index (χ4v) is 2.58. The third-order valence-electron chi connectivity index (χ3n) is 3.91. The molecule has 134 valence electrons. The van der Waals surface area contributed by atoms with E-state index < -0.39 is 0 Å². The van der Waals surface area contributed by atoms with E-state index in [1.165, 1.54) is 12.1 Å². The molecule has 0 aliphatic rings. The predicted molar refractivity (Wildman–Crippen MR) is 95.8 cm³/mol. The molecule has 0 fully saturated rings. The maximum absolute atomic E-state index is 13.1. The topological polar surface area (TPSA) is 68.0 Å². The van der Waals surface area contributed by atoms with E-state index in [0.717, 1.165) is 11.1 Å². The van der Waals surface area contributed by atoms with E-state index in [4.69, 9.17) is 4.42 Å². The van der Waals surface area contributed by atoms with E-state index in [1.807, 2.05) is 36.4 Å². The first kappa shape index (κ1) is 17.8. The summed E-state index contributed by atoms with van der Waals surface area (Å²) in [4.78, 5) is 11.9. The zero-order valence-corrected chi connectivity index (χ0v) is 14.3. The molecular weight excluding hydrogens is 333 g/mol. The van der Waals surface area contributed by atoms with Gasteiger partial charge in [0.2, 0.25) is 17.7 Å². The van der Waals surface area contributed by atoms with Crippen molar-refractivity contribution in [2.75, 3.05) is 6.54 Å². The van der Waals surface area contributed by atoms with Crippen LogP contribution >= 0.6 is 0 Å². The summed E-state index contributed by atoms with van der Waals surface area (Å²) >= 11 is 0.